The van der Waals surface area contributed by atoms with Gasteiger partial charge in [-0.1, -0.05) is 11.6 Å². The first-order valence-corrected chi connectivity index (χ1v) is 7.04. The lowest BCUT2D eigenvalue weighted by Crippen LogP contribution is -2.30. The van der Waals surface area contributed by atoms with Crippen LogP contribution in [0, 0.1) is 6.92 Å². The molecule has 0 saturated heterocycles. The average Bonchev–Trinajstić information content (AvgIpc) is 2.75. The molecule has 0 amide bonds. The molecule has 2 aromatic heterocycles. The van der Waals surface area contributed by atoms with Crippen LogP contribution in [-0.2, 0) is 19.5 Å². The number of nitrogens with zero attached hydrogens (tertiary/aromatic N) is 4. The first kappa shape index (κ1) is 12.0. The van der Waals surface area contributed by atoms with Crippen LogP contribution in [0.1, 0.15) is 22.0 Å². The molecule has 0 radical (unpaired) electrons. The van der Waals surface area contributed by atoms with Gasteiger partial charge in [0.2, 0.25) is 0 Å². The highest BCUT2D eigenvalue weighted by Crippen LogP contribution is 2.22. The van der Waals surface area contributed by atoms with Crippen molar-refractivity contribution >= 4 is 22.9 Å². The van der Waals surface area contributed by atoms with E-state index in [0.29, 0.717) is 4.47 Å². The summed E-state index contributed by atoms with van der Waals surface area (Å²) < 4.78 is 0.612. The number of fused-ring (bicyclic) bond motifs is 1. The molecule has 3 heterocycles. The fraction of sp³-hybridized carbons (Fsp3) is 0.417. The zero-order valence-corrected chi connectivity index (χ0v) is 11.6. The predicted octanol–water partition coefficient (Wildman–Crippen LogP) is 2.45. The molecule has 2 aromatic rings. The number of hydrogen-bond donors (Lipinski definition) is 0. The number of rotatable bonds is 2. The summed E-state index contributed by atoms with van der Waals surface area (Å²) in [5.41, 5.74) is 2.43. The quantitative estimate of drug-likeness (QED) is 0.847. The summed E-state index contributed by atoms with van der Waals surface area (Å²) in [6.45, 7) is 4.77. The van der Waals surface area contributed by atoms with E-state index in [4.69, 9.17) is 11.6 Å². The van der Waals surface area contributed by atoms with Crippen LogP contribution in [0.4, 0.5) is 0 Å². The Hall–Kier alpha value is -1.04. The Bertz CT molecular complexity index is 569. The highest BCUT2D eigenvalue weighted by atomic mass is 35.5. The van der Waals surface area contributed by atoms with E-state index in [2.05, 4.69) is 19.9 Å². The summed E-state index contributed by atoms with van der Waals surface area (Å²) in [5, 5.41) is 0. The molecule has 6 heteroatoms. The van der Waals surface area contributed by atoms with Crippen LogP contribution in [0.25, 0.3) is 0 Å². The van der Waals surface area contributed by atoms with E-state index in [-0.39, 0.29) is 0 Å². The zero-order valence-electron chi connectivity index (χ0n) is 10.1. The fourth-order valence-corrected chi connectivity index (χ4v) is 3.21. The summed E-state index contributed by atoms with van der Waals surface area (Å²) in [6, 6.07) is 0. The first-order valence-electron chi connectivity index (χ1n) is 5.84. The van der Waals surface area contributed by atoms with E-state index in [1.165, 1.54) is 16.1 Å². The Labute approximate surface area is 115 Å². The molecule has 18 heavy (non-hydrogen) atoms. The molecule has 3 rings (SSSR count). The highest BCUT2D eigenvalue weighted by molar-refractivity contribution is 7.15. The van der Waals surface area contributed by atoms with E-state index in [9.17, 15) is 0 Å². The molecule has 1 aliphatic heterocycles. The molecular weight excluding hydrogens is 268 g/mol. The summed E-state index contributed by atoms with van der Waals surface area (Å²) in [4.78, 5) is 16.4. The molecular formula is C12H13ClN4S. The normalized spacial score (nSPS) is 15.7. The Balaban J connectivity index is 1.73. The van der Waals surface area contributed by atoms with Crippen molar-refractivity contribution in [2.45, 2.75) is 26.4 Å². The van der Waals surface area contributed by atoms with Crippen molar-refractivity contribution in [1.29, 1.82) is 0 Å². The minimum Gasteiger partial charge on any atom is -0.293 e. The van der Waals surface area contributed by atoms with E-state index >= 15 is 0 Å². The molecule has 4 nitrogen and oxygen atoms in total. The smallest absolute Gasteiger partial charge is 0.183 e. The molecule has 0 N–H and O–H groups in total. The summed E-state index contributed by atoms with van der Waals surface area (Å²) in [7, 11) is 0. The summed E-state index contributed by atoms with van der Waals surface area (Å²) in [6.07, 6.45) is 4.79. The second-order valence-electron chi connectivity index (χ2n) is 4.43. The van der Waals surface area contributed by atoms with Gasteiger partial charge < -0.3 is 0 Å². The molecule has 0 aliphatic carbocycles. The van der Waals surface area contributed by atoms with Crippen molar-refractivity contribution in [3.63, 3.8) is 0 Å². The number of hydrogen-bond acceptors (Lipinski definition) is 5. The maximum Gasteiger partial charge on any atom is 0.183 e. The maximum atomic E-state index is 5.85. The Morgan fingerprint density at radius 1 is 1.39 bits per heavy atom. The van der Waals surface area contributed by atoms with Gasteiger partial charge in [-0.2, -0.15) is 0 Å². The third-order valence-electron chi connectivity index (χ3n) is 3.04. The topological polar surface area (TPSA) is 41.9 Å². The minimum absolute atomic E-state index is 0.612. The number of aromatic nitrogens is 3. The van der Waals surface area contributed by atoms with Crippen molar-refractivity contribution < 1.29 is 0 Å². The first-order chi connectivity index (χ1) is 8.70. The van der Waals surface area contributed by atoms with Crippen LogP contribution in [0.2, 0.25) is 4.47 Å². The summed E-state index contributed by atoms with van der Waals surface area (Å²) in [5.74, 6) is 0.858. The van der Waals surface area contributed by atoms with Gasteiger partial charge >= 0.3 is 0 Å². The van der Waals surface area contributed by atoms with E-state index < -0.39 is 0 Å². The molecule has 0 saturated carbocycles. The van der Waals surface area contributed by atoms with Crippen LogP contribution in [0.5, 0.6) is 0 Å². The molecule has 0 aromatic carbocycles. The minimum atomic E-state index is 0.612. The zero-order chi connectivity index (χ0) is 12.5. The number of thiazole rings is 1. The SMILES string of the molecule is Cc1ncc2c(n1)CCN(Cc1cnc(Cl)s1)C2. The maximum absolute atomic E-state index is 5.85. The Morgan fingerprint density at radius 3 is 3.06 bits per heavy atom. The van der Waals surface area contributed by atoms with Gasteiger partial charge in [-0.15, -0.1) is 11.3 Å². The predicted molar refractivity (Wildman–Crippen MR) is 71.7 cm³/mol. The van der Waals surface area contributed by atoms with E-state index in [0.717, 1.165) is 31.9 Å². The molecule has 0 atom stereocenters. The van der Waals surface area contributed by atoms with Crippen molar-refractivity contribution in [1.82, 2.24) is 19.9 Å². The number of aryl methyl sites for hydroxylation is 1. The molecule has 94 valence electrons. The van der Waals surface area contributed by atoms with Gasteiger partial charge in [0.25, 0.3) is 0 Å². The highest BCUT2D eigenvalue weighted by Gasteiger charge is 2.18. The van der Waals surface area contributed by atoms with Gasteiger partial charge in [0, 0.05) is 54.6 Å². The van der Waals surface area contributed by atoms with Gasteiger partial charge in [-0.3, -0.25) is 4.90 Å². The Morgan fingerprint density at radius 2 is 2.28 bits per heavy atom. The third-order valence-corrected chi connectivity index (χ3v) is 4.14. The molecule has 0 spiro atoms. The van der Waals surface area contributed by atoms with Gasteiger partial charge in [0.05, 0.1) is 0 Å². The molecule has 0 bridgehead atoms. The fourth-order valence-electron chi connectivity index (χ4n) is 2.19. The van der Waals surface area contributed by atoms with Crippen molar-refractivity contribution in [2.75, 3.05) is 6.54 Å². The summed E-state index contributed by atoms with van der Waals surface area (Å²) >= 11 is 7.39. The Kier molecular flexibility index (Phi) is 3.28. The van der Waals surface area contributed by atoms with E-state index in [1.54, 1.807) is 11.3 Å². The van der Waals surface area contributed by atoms with Gasteiger partial charge in [0.15, 0.2) is 4.47 Å². The van der Waals surface area contributed by atoms with Gasteiger partial charge in [0.1, 0.15) is 5.82 Å². The van der Waals surface area contributed by atoms with Crippen LogP contribution < -0.4 is 0 Å². The second kappa shape index (κ2) is 4.91. The lowest BCUT2D eigenvalue weighted by atomic mass is 10.1. The second-order valence-corrected chi connectivity index (χ2v) is 6.13. The van der Waals surface area contributed by atoms with Crippen LogP contribution in [0.3, 0.4) is 0 Å². The number of halogens is 1. The average molecular weight is 281 g/mol. The van der Waals surface area contributed by atoms with Crippen molar-refractivity contribution in [2.24, 2.45) is 0 Å². The lowest BCUT2D eigenvalue weighted by Gasteiger charge is -2.27. The van der Waals surface area contributed by atoms with Crippen molar-refractivity contribution in [3.05, 3.63) is 38.8 Å². The lowest BCUT2D eigenvalue weighted by molar-refractivity contribution is 0.244. The van der Waals surface area contributed by atoms with Crippen molar-refractivity contribution in [3.8, 4) is 0 Å². The van der Waals surface area contributed by atoms with Gasteiger partial charge in [-0.05, 0) is 6.92 Å². The van der Waals surface area contributed by atoms with Crippen LogP contribution >= 0.6 is 22.9 Å². The monoisotopic (exact) mass is 280 g/mol. The molecule has 1 aliphatic rings. The van der Waals surface area contributed by atoms with E-state index in [1.807, 2.05) is 19.3 Å². The molecule has 0 fully saturated rings. The van der Waals surface area contributed by atoms with Crippen LogP contribution in [-0.4, -0.2) is 26.4 Å². The van der Waals surface area contributed by atoms with Crippen LogP contribution in [0.15, 0.2) is 12.4 Å². The standard InChI is InChI=1S/C12H13ClN4S/c1-8-14-4-9-6-17(3-2-11(9)16-8)7-10-5-15-12(13)18-10/h4-5H,2-3,6-7H2,1H3. The molecule has 0 unspecified atom stereocenters. The largest absolute Gasteiger partial charge is 0.293 e. The van der Waals surface area contributed by atoms with Gasteiger partial charge in [-0.25, -0.2) is 15.0 Å². The third kappa shape index (κ3) is 2.53.